The maximum atomic E-state index is 12.0. The summed E-state index contributed by atoms with van der Waals surface area (Å²) >= 11 is 3.42. The minimum Gasteiger partial charge on any atom is -0.376 e. The third kappa shape index (κ3) is 3.25. The summed E-state index contributed by atoms with van der Waals surface area (Å²) in [6.07, 6.45) is 5.85. The molecule has 3 nitrogen and oxygen atoms in total. The van der Waals surface area contributed by atoms with Crippen molar-refractivity contribution in [3.05, 3.63) is 34.6 Å². The summed E-state index contributed by atoms with van der Waals surface area (Å²) in [7, 11) is 0. The molecular formula is C14H18BrNO2. The Morgan fingerprint density at radius 1 is 1.06 bits per heavy atom. The highest BCUT2D eigenvalue weighted by molar-refractivity contribution is 9.09. The first-order valence-corrected chi connectivity index (χ1v) is 7.60. The van der Waals surface area contributed by atoms with E-state index < -0.39 is 0 Å². The maximum Gasteiger partial charge on any atom is 0.290 e. The number of hydrogen-bond acceptors (Lipinski definition) is 2. The number of halogens is 1. The number of aromatic nitrogens is 1. The van der Waals surface area contributed by atoms with Crippen molar-refractivity contribution in [2.24, 2.45) is 0 Å². The molecule has 0 fully saturated rings. The molecule has 0 aliphatic heterocycles. The number of fused-ring (bicyclic) bond motifs is 1. The standard InChI is InChI=1S/C14H18BrNO2/c15-10-6-2-1-3-7-11-16-14(17)12-8-4-5-9-13(12)18-16/h4-5,8-9H,1-3,6-7,10-11H2. The Balaban J connectivity index is 1.88. The molecule has 1 heterocycles. The summed E-state index contributed by atoms with van der Waals surface area (Å²) in [5.74, 6) is 0. The number of para-hydroxylation sites is 1. The molecule has 0 saturated carbocycles. The number of unbranched alkanes of at least 4 members (excludes halogenated alkanes) is 4. The van der Waals surface area contributed by atoms with Crippen LogP contribution in [0.5, 0.6) is 0 Å². The number of hydrogen-bond donors (Lipinski definition) is 0. The predicted octanol–water partition coefficient (Wildman–Crippen LogP) is 3.94. The van der Waals surface area contributed by atoms with Crippen LogP contribution in [0.1, 0.15) is 32.1 Å². The van der Waals surface area contributed by atoms with Crippen LogP contribution in [0.2, 0.25) is 0 Å². The minimum absolute atomic E-state index is 0.00828. The van der Waals surface area contributed by atoms with E-state index in [2.05, 4.69) is 15.9 Å². The molecule has 18 heavy (non-hydrogen) atoms. The summed E-state index contributed by atoms with van der Waals surface area (Å²) in [6, 6.07) is 7.40. The fourth-order valence-corrected chi connectivity index (χ4v) is 2.44. The van der Waals surface area contributed by atoms with E-state index in [4.69, 9.17) is 4.52 Å². The summed E-state index contributed by atoms with van der Waals surface area (Å²) in [6.45, 7) is 0.682. The second-order valence-electron chi connectivity index (χ2n) is 4.45. The van der Waals surface area contributed by atoms with E-state index in [1.165, 1.54) is 24.0 Å². The van der Waals surface area contributed by atoms with Gasteiger partial charge in [0.2, 0.25) is 0 Å². The molecule has 0 unspecified atom stereocenters. The average molecular weight is 312 g/mol. The number of rotatable bonds is 7. The molecule has 0 atom stereocenters. The van der Waals surface area contributed by atoms with Gasteiger partial charge in [-0.05, 0) is 25.0 Å². The molecule has 4 heteroatoms. The quantitative estimate of drug-likeness (QED) is 0.573. The zero-order chi connectivity index (χ0) is 12.8. The lowest BCUT2D eigenvalue weighted by Crippen LogP contribution is -2.14. The van der Waals surface area contributed by atoms with Gasteiger partial charge in [-0.2, -0.15) is 4.74 Å². The Hall–Kier alpha value is -1.03. The van der Waals surface area contributed by atoms with Crippen molar-refractivity contribution >= 4 is 26.9 Å². The third-order valence-corrected chi connectivity index (χ3v) is 3.61. The van der Waals surface area contributed by atoms with Crippen molar-refractivity contribution < 1.29 is 4.52 Å². The molecule has 0 aliphatic rings. The molecule has 0 saturated heterocycles. The molecule has 0 N–H and O–H groups in total. The topological polar surface area (TPSA) is 35.1 Å². The van der Waals surface area contributed by atoms with Gasteiger partial charge >= 0.3 is 0 Å². The molecular weight excluding hydrogens is 294 g/mol. The molecule has 0 spiro atoms. The zero-order valence-corrected chi connectivity index (χ0v) is 12.0. The molecule has 2 rings (SSSR count). The summed E-state index contributed by atoms with van der Waals surface area (Å²) in [4.78, 5) is 12.0. The van der Waals surface area contributed by atoms with Gasteiger partial charge in [0.1, 0.15) is 0 Å². The number of nitrogens with zero attached hydrogens (tertiary/aromatic N) is 1. The fourth-order valence-electron chi connectivity index (χ4n) is 2.04. The lowest BCUT2D eigenvalue weighted by atomic mass is 10.1. The molecule has 0 bridgehead atoms. The smallest absolute Gasteiger partial charge is 0.290 e. The van der Waals surface area contributed by atoms with E-state index in [9.17, 15) is 4.79 Å². The van der Waals surface area contributed by atoms with Crippen LogP contribution in [0.3, 0.4) is 0 Å². The second kappa shape index (κ2) is 6.78. The normalized spacial score (nSPS) is 11.2. The van der Waals surface area contributed by atoms with E-state index in [-0.39, 0.29) is 5.56 Å². The lowest BCUT2D eigenvalue weighted by molar-refractivity contribution is 0.274. The van der Waals surface area contributed by atoms with Gasteiger partial charge < -0.3 is 4.52 Å². The van der Waals surface area contributed by atoms with Crippen LogP contribution in [0.25, 0.3) is 11.0 Å². The molecule has 1 aromatic heterocycles. The Morgan fingerprint density at radius 2 is 1.78 bits per heavy atom. The Kier molecular flexibility index (Phi) is 5.05. The monoisotopic (exact) mass is 311 g/mol. The van der Waals surface area contributed by atoms with Crippen LogP contribution in [0, 0.1) is 0 Å². The van der Waals surface area contributed by atoms with Gasteiger partial charge in [0.15, 0.2) is 5.58 Å². The fraction of sp³-hybridized carbons (Fsp3) is 0.500. The van der Waals surface area contributed by atoms with E-state index >= 15 is 0 Å². The van der Waals surface area contributed by atoms with E-state index in [1.807, 2.05) is 24.3 Å². The highest BCUT2D eigenvalue weighted by Gasteiger charge is 2.07. The number of aryl methyl sites for hydroxylation is 1. The Bertz CT molecular complexity index is 544. The van der Waals surface area contributed by atoms with Crippen molar-refractivity contribution in [3.8, 4) is 0 Å². The van der Waals surface area contributed by atoms with E-state index in [0.717, 1.165) is 18.2 Å². The van der Waals surface area contributed by atoms with E-state index in [0.29, 0.717) is 17.5 Å². The average Bonchev–Trinajstić information content (AvgIpc) is 2.71. The van der Waals surface area contributed by atoms with Gasteiger partial charge in [0, 0.05) is 5.33 Å². The van der Waals surface area contributed by atoms with Crippen LogP contribution in [0.15, 0.2) is 33.6 Å². The van der Waals surface area contributed by atoms with Crippen LogP contribution < -0.4 is 5.56 Å². The van der Waals surface area contributed by atoms with Crippen molar-refractivity contribution in [2.45, 2.75) is 38.6 Å². The number of alkyl halides is 1. The van der Waals surface area contributed by atoms with Crippen LogP contribution >= 0.6 is 15.9 Å². The third-order valence-electron chi connectivity index (χ3n) is 3.05. The molecule has 1 aromatic carbocycles. The predicted molar refractivity (Wildman–Crippen MR) is 77.4 cm³/mol. The second-order valence-corrected chi connectivity index (χ2v) is 5.24. The van der Waals surface area contributed by atoms with Crippen molar-refractivity contribution in [1.82, 2.24) is 4.74 Å². The first-order chi connectivity index (χ1) is 8.83. The van der Waals surface area contributed by atoms with Gasteiger partial charge in [0.05, 0.1) is 11.9 Å². The first kappa shape index (κ1) is 13.4. The van der Waals surface area contributed by atoms with Crippen LogP contribution in [-0.2, 0) is 6.54 Å². The van der Waals surface area contributed by atoms with Gasteiger partial charge in [-0.15, -0.1) is 0 Å². The van der Waals surface area contributed by atoms with Gasteiger partial charge in [-0.1, -0.05) is 47.3 Å². The van der Waals surface area contributed by atoms with Crippen molar-refractivity contribution in [2.75, 3.05) is 5.33 Å². The van der Waals surface area contributed by atoms with Crippen molar-refractivity contribution in [1.29, 1.82) is 0 Å². The highest BCUT2D eigenvalue weighted by atomic mass is 79.9. The first-order valence-electron chi connectivity index (χ1n) is 6.48. The summed E-state index contributed by atoms with van der Waals surface area (Å²) in [5.41, 5.74) is 0.674. The maximum absolute atomic E-state index is 12.0. The van der Waals surface area contributed by atoms with Crippen molar-refractivity contribution in [3.63, 3.8) is 0 Å². The molecule has 0 radical (unpaired) electrons. The van der Waals surface area contributed by atoms with Gasteiger partial charge in [-0.3, -0.25) is 4.79 Å². The SMILES string of the molecule is O=c1c2ccccc2on1CCCCCCCBr. The van der Waals surface area contributed by atoms with Gasteiger partial charge in [0.25, 0.3) is 5.56 Å². The zero-order valence-electron chi connectivity index (χ0n) is 10.4. The molecule has 98 valence electrons. The van der Waals surface area contributed by atoms with Gasteiger partial charge in [-0.25, -0.2) is 0 Å². The molecule has 0 aliphatic carbocycles. The minimum atomic E-state index is -0.00828. The van der Waals surface area contributed by atoms with Crippen LogP contribution in [0.4, 0.5) is 0 Å². The molecule has 0 amide bonds. The van der Waals surface area contributed by atoms with E-state index in [1.54, 1.807) is 0 Å². The largest absolute Gasteiger partial charge is 0.376 e. The lowest BCUT2D eigenvalue weighted by Gasteiger charge is -2.00. The number of benzene rings is 1. The summed E-state index contributed by atoms with van der Waals surface area (Å²) < 4.78 is 7.00. The Labute approximate surface area is 115 Å². The molecule has 2 aromatic rings. The highest BCUT2D eigenvalue weighted by Crippen LogP contribution is 2.11. The van der Waals surface area contributed by atoms with Crippen LogP contribution in [-0.4, -0.2) is 10.1 Å². The summed E-state index contributed by atoms with van der Waals surface area (Å²) in [5, 5.41) is 1.76. The Morgan fingerprint density at radius 3 is 2.56 bits per heavy atom.